The number of hydrogen-bond acceptors (Lipinski definition) is 1. The van der Waals surface area contributed by atoms with E-state index in [4.69, 9.17) is 0 Å². The third-order valence-electron chi connectivity index (χ3n) is 3.11. The highest BCUT2D eigenvalue weighted by Crippen LogP contribution is 2.20. The first kappa shape index (κ1) is 13.9. The summed E-state index contributed by atoms with van der Waals surface area (Å²) in [5.41, 5.74) is 5.36. The summed E-state index contributed by atoms with van der Waals surface area (Å²) in [4.78, 5) is 1.11. The predicted octanol–water partition coefficient (Wildman–Crippen LogP) is 4.98. The Morgan fingerprint density at radius 2 is 1.44 bits per heavy atom. The second kappa shape index (κ2) is 6.11. The highest BCUT2D eigenvalue weighted by atomic mass is 127. The van der Waals surface area contributed by atoms with Gasteiger partial charge in [0.25, 0.3) is 0 Å². The molecule has 0 atom stereocenters. The lowest BCUT2D eigenvalue weighted by atomic mass is 10.0. The third-order valence-corrected chi connectivity index (χ3v) is 4.53. The van der Waals surface area contributed by atoms with Gasteiger partial charge >= 0.3 is 0 Å². The van der Waals surface area contributed by atoms with Crippen molar-refractivity contribution in [2.24, 2.45) is 0 Å². The standard InChI is InChI=1S/C16H17IS/c1-11-3-5-13(15(17)9-11)7-8-14-6-4-12(2)10-16(14)18/h3-6,9-10,18H,7-8H2,1-2H3. The van der Waals surface area contributed by atoms with Gasteiger partial charge in [0.1, 0.15) is 0 Å². The van der Waals surface area contributed by atoms with Crippen LogP contribution in [0.25, 0.3) is 0 Å². The molecule has 0 amide bonds. The van der Waals surface area contributed by atoms with Gasteiger partial charge in [0.15, 0.2) is 0 Å². The molecule has 0 bridgehead atoms. The fraction of sp³-hybridized carbons (Fsp3) is 0.250. The highest BCUT2D eigenvalue weighted by Gasteiger charge is 2.03. The number of thiol groups is 1. The number of hydrogen-bond donors (Lipinski definition) is 1. The van der Waals surface area contributed by atoms with Crippen molar-refractivity contribution in [1.29, 1.82) is 0 Å². The summed E-state index contributed by atoms with van der Waals surface area (Å²) in [6, 6.07) is 13.2. The summed E-state index contributed by atoms with van der Waals surface area (Å²) in [7, 11) is 0. The molecule has 0 saturated carbocycles. The summed E-state index contributed by atoms with van der Waals surface area (Å²) in [5.74, 6) is 0. The van der Waals surface area contributed by atoms with E-state index in [-0.39, 0.29) is 0 Å². The minimum absolute atomic E-state index is 1.05. The van der Waals surface area contributed by atoms with Crippen LogP contribution >= 0.6 is 35.2 Å². The number of aryl methyl sites for hydroxylation is 4. The second-order valence-corrected chi connectivity index (χ2v) is 6.37. The Morgan fingerprint density at radius 3 is 2.06 bits per heavy atom. The van der Waals surface area contributed by atoms with Gasteiger partial charge in [-0.2, -0.15) is 0 Å². The molecule has 18 heavy (non-hydrogen) atoms. The van der Waals surface area contributed by atoms with E-state index in [1.54, 1.807) is 0 Å². The van der Waals surface area contributed by atoms with E-state index in [0.717, 1.165) is 17.7 Å². The van der Waals surface area contributed by atoms with Crippen LogP contribution in [0.1, 0.15) is 22.3 Å². The lowest BCUT2D eigenvalue weighted by molar-refractivity contribution is 0.928. The molecule has 94 valence electrons. The minimum Gasteiger partial charge on any atom is -0.143 e. The Labute approximate surface area is 128 Å². The smallest absolute Gasteiger partial charge is 0.0165 e. The summed E-state index contributed by atoms with van der Waals surface area (Å²) in [6.45, 7) is 4.24. The first-order chi connectivity index (χ1) is 8.56. The van der Waals surface area contributed by atoms with Gasteiger partial charge in [-0.1, -0.05) is 35.4 Å². The van der Waals surface area contributed by atoms with Crippen LogP contribution < -0.4 is 0 Å². The van der Waals surface area contributed by atoms with Gasteiger partial charge in [0.2, 0.25) is 0 Å². The van der Waals surface area contributed by atoms with Crippen LogP contribution in [-0.2, 0) is 12.8 Å². The van der Waals surface area contributed by atoms with Gasteiger partial charge in [0.05, 0.1) is 0 Å². The summed E-state index contributed by atoms with van der Waals surface area (Å²) in [6.07, 6.45) is 2.13. The third kappa shape index (κ3) is 3.51. The molecule has 0 saturated heterocycles. The van der Waals surface area contributed by atoms with Crippen LogP contribution in [0, 0.1) is 17.4 Å². The van der Waals surface area contributed by atoms with E-state index in [2.05, 4.69) is 85.5 Å². The van der Waals surface area contributed by atoms with Crippen molar-refractivity contribution in [3.05, 3.63) is 62.2 Å². The minimum atomic E-state index is 1.05. The van der Waals surface area contributed by atoms with Crippen molar-refractivity contribution < 1.29 is 0 Å². The maximum absolute atomic E-state index is 4.55. The van der Waals surface area contributed by atoms with Crippen LogP contribution in [0.4, 0.5) is 0 Å². The fourth-order valence-electron chi connectivity index (χ4n) is 2.01. The first-order valence-corrected chi connectivity index (χ1v) is 7.62. The van der Waals surface area contributed by atoms with Crippen molar-refractivity contribution in [1.82, 2.24) is 0 Å². The van der Waals surface area contributed by atoms with Gasteiger partial charge in [-0.15, -0.1) is 12.6 Å². The van der Waals surface area contributed by atoms with Gasteiger partial charge in [-0.25, -0.2) is 0 Å². The lowest BCUT2D eigenvalue weighted by Gasteiger charge is -2.08. The van der Waals surface area contributed by atoms with E-state index >= 15 is 0 Å². The molecule has 2 aromatic rings. The molecule has 0 aromatic heterocycles. The molecule has 0 spiro atoms. The van der Waals surface area contributed by atoms with Crippen LogP contribution in [0.3, 0.4) is 0 Å². The van der Waals surface area contributed by atoms with Crippen molar-refractivity contribution in [2.45, 2.75) is 31.6 Å². The first-order valence-electron chi connectivity index (χ1n) is 6.10. The van der Waals surface area contributed by atoms with Crippen LogP contribution in [0.15, 0.2) is 41.3 Å². The van der Waals surface area contributed by atoms with Crippen LogP contribution in [0.2, 0.25) is 0 Å². The van der Waals surface area contributed by atoms with Gasteiger partial charge in [0, 0.05) is 8.47 Å². The average molecular weight is 368 g/mol. The van der Waals surface area contributed by atoms with Gasteiger partial charge in [-0.3, -0.25) is 0 Å². The number of rotatable bonds is 3. The zero-order valence-corrected chi connectivity index (χ0v) is 13.8. The zero-order chi connectivity index (χ0) is 13.1. The van der Waals surface area contributed by atoms with Crippen molar-refractivity contribution in [3.63, 3.8) is 0 Å². The quantitative estimate of drug-likeness (QED) is 0.573. The Bertz CT molecular complexity index is 510. The topological polar surface area (TPSA) is 0 Å². The molecule has 2 aromatic carbocycles. The number of halogens is 1. The molecule has 0 aliphatic heterocycles. The Morgan fingerprint density at radius 1 is 0.889 bits per heavy atom. The van der Waals surface area contributed by atoms with E-state index in [0.29, 0.717) is 0 Å². The Hall–Kier alpha value is -0.480. The zero-order valence-electron chi connectivity index (χ0n) is 10.7. The molecule has 2 heteroatoms. The van der Waals surface area contributed by atoms with Crippen molar-refractivity contribution in [2.75, 3.05) is 0 Å². The van der Waals surface area contributed by atoms with E-state index in [1.165, 1.54) is 25.8 Å². The molecular formula is C16H17IS. The SMILES string of the molecule is Cc1ccc(CCc2ccc(C)cc2I)c(S)c1. The lowest BCUT2D eigenvalue weighted by Crippen LogP contribution is -1.96. The molecule has 0 heterocycles. The highest BCUT2D eigenvalue weighted by molar-refractivity contribution is 14.1. The monoisotopic (exact) mass is 368 g/mol. The molecule has 0 aliphatic rings. The van der Waals surface area contributed by atoms with E-state index in [1.807, 2.05) is 0 Å². The van der Waals surface area contributed by atoms with E-state index < -0.39 is 0 Å². The molecule has 0 nitrogen and oxygen atoms in total. The largest absolute Gasteiger partial charge is 0.143 e. The van der Waals surface area contributed by atoms with Crippen molar-refractivity contribution in [3.8, 4) is 0 Å². The second-order valence-electron chi connectivity index (χ2n) is 4.73. The van der Waals surface area contributed by atoms with Gasteiger partial charge in [-0.05, 0) is 72.5 Å². The van der Waals surface area contributed by atoms with Crippen LogP contribution in [0.5, 0.6) is 0 Å². The molecule has 0 N–H and O–H groups in total. The van der Waals surface area contributed by atoms with Gasteiger partial charge < -0.3 is 0 Å². The normalized spacial score (nSPS) is 10.7. The molecular weight excluding hydrogens is 351 g/mol. The summed E-state index contributed by atoms with van der Waals surface area (Å²) >= 11 is 6.98. The fourth-order valence-corrected chi connectivity index (χ4v) is 3.34. The Kier molecular flexibility index (Phi) is 4.73. The van der Waals surface area contributed by atoms with E-state index in [9.17, 15) is 0 Å². The number of benzene rings is 2. The Balaban J connectivity index is 2.11. The molecule has 0 fully saturated rings. The maximum Gasteiger partial charge on any atom is 0.0165 e. The maximum atomic E-state index is 4.55. The summed E-state index contributed by atoms with van der Waals surface area (Å²) in [5, 5.41) is 0. The molecule has 0 radical (unpaired) electrons. The molecule has 2 rings (SSSR count). The average Bonchev–Trinajstić information content (AvgIpc) is 2.30. The molecule has 0 unspecified atom stereocenters. The van der Waals surface area contributed by atoms with Crippen LogP contribution in [-0.4, -0.2) is 0 Å². The predicted molar refractivity (Wildman–Crippen MR) is 89.7 cm³/mol. The van der Waals surface area contributed by atoms with Crippen molar-refractivity contribution >= 4 is 35.2 Å². The summed E-state index contributed by atoms with van der Waals surface area (Å²) < 4.78 is 1.36. The molecule has 0 aliphatic carbocycles.